The lowest BCUT2D eigenvalue weighted by Crippen LogP contribution is -2.45. The molecule has 1 amide bonds. The first-order valence-corrected chi connectivity index (χ1v) is 8.46. The zero-order valence-corrected chi connectivity index (χ0v) is 13.5. The molecule has 1 aromatic rings. The van der Waals surface area contributed by atoms with Gasteiger partial charge in [-0.25, -0.2) is 4.79 Å². The van der Waals surface area contributed by atoms with Gasteiger partial charge in [0.15, 0.2) is 0 Å². The monoisotopic (exact) mass is 321 g/mol. The van der Waals surface area contributed by atoms with Gasteiger partial charge < -0.3 is 10.4 Å². The summed E-state index contributed by atoms with van der Waals surface area (Å²) in [6.45, 7) is 0. The van der Waals surface area contributed by atoms with Crippen molar-refractivity contribution in [2.24, 2.45) is 5.92 Å². The molecule has 0 radical (unpaired) electrons. The highest BCUT2D eigenvalue weighted by molar-refractivity contribution is 7.80. The minimum atomic E-state index is -0.988. The van der Waals surface area contributed by atoms with Gasteiger partial charge in [-0.2, -0.15) is 12.6 Å². The second kappa shape index (κ2) is 8.22. The number of rotatable bonds is 2. The highest BCUT2D eigenvalue weighted by Crippen LogP contribution is 2.19. The molecule has 0 fully saturated rings. The predicted octanol–water partition coefficient (Wildman–Crippen LogP) is 2.46. The Hall–Kier alpha value is -1.49. The van der Waals surface area contributed by atoms with Gasteiger partial charge in [0.2, 0.25) is 5.91 Å². The molecule has 0 aromatic heterocycles. The average Bonchev–Trinajstić information content (AvgIpc) is 2.50. The molecule has 1 aromatic carbocycles. The van der Waals surface area contributed by atoms with Crippen LogP contribution in [-0.4, -0.2) is 28.8 Å². The lowest BCUT2D eigenvalue weighted by molar-refractivity contribution is -0.142. The van der Waals surface area contributed by atoms with Crippen LogP contribution in [0.1, 0.15) is 36.8 Å². The summed E-state index contributed by atoms with van der Waals surface area (Å²) in [6, 6.07) is 7.03. The van der Waals surface area contributed by atoms with Crippen molar-refractivity contribution in [2.75, 3.05) is 5.75 Å². The molecule has 5 heteroatoms. The van der Waals surface area contributed by atoms with Gasteiger partial charge >= 0.3 is 5.97 Å². The first-order chi connectivity index (χ1) is 10.6. The molecule has 1 aliphatic rings. The standard InChI is InChI=1S/C17H23NO3S/c19-16-14(11-22)9-3-1-2-6-12-7-4-5-8-13(12)10-15(18-16)17(20)21/h4-5,7-8,14-15,22H,1-3,6,9-11H2,(H,18,19)(H,20,21)/t14-,15-/m0/s1. The van der Waals surface area contributed by atoms with E-state index in [-0.39, 0.29) is 11.8 Å². The van der Waals surface area contributed by atoms with Gasteiger partial charge in [-0.05, 0) is 30.4 Å². The van der Waals surface area contributed by atoms with Crippen LogP contribution in [0.5, 0.6) is 0 Å². The summed E-state index contributed by atoms with van der Waals surface area (Å²) in [5, 5.41) is 12.1. The number of fused-ring (bicyclic) bond motifs is 1. The summed E-state index contributed by atoms with van der Waals surface area (Å²) in [6.07, 6.45) is 5.17. The molecule has 2 N–H and O–H groups in total. The van der Waals surface area contributed by atoms with Crippen LogP contribution in [0.3, 0.4) is 0 Å². The molecule has 22 heavy (non-hydrogen) atoms. The third-order valence-electron chi connectivity index (χ3n) is 4.25. The van der Waals surface area contributed by atoms with Crippen molar-refractivity contribution < 1.29 is 14.7 Å². The molecule has 0 saturated carbocycles. The minimum Gasteiger partial charge on any atom is -0.480 e. The smallest absolute Gasteiger partial charge is 0.326 e. The Morgan fingerprint density at radius 3 is 2.64 bits per heavy atom. The first-order valence-electron chi connectivity index (χ1n) is 7.82. The molecule has 0 unspecified atom stereocenters. The Labute approximate surface area is 136 Å². The summed E-state index contributed by atoms with van der Waals surface area (Å²) in [5.74, 6) is -0.937. The fourth-order valence-electron chi connectivity index (χ4n) is 2.90. The number of carboxylic acids is 1. The Bertz CT molecular complexity index is 532. The number of hydrogen-bond donors (Lipinski definition) is 3. The van der Waals surface area contributed by atoms with Crippen LogP contribution in [0.2, 0.25) is 0 Å². The number of carbonyl (C=O) groups excluding carboxylic acids is 1. The fourth-order valence-corrected chi connectivity index (χ4v) is 3.25. The number of thiol groups is 1. The van der Waals surface area contributed by atoms with Crippen LogP contribution in [0.25, 0.3) is 0 Å². The third-order valence-corrected chi connectivity index (χ3v) is 4.69. The number of benzene rings is 1. The molecule has 2 rings (SSSR count). The van der Waals surface area contributed by atoms with Gasteiger partial charge in [0.25, 0.3) is 0 Å². The Balaban J connectivity index is 2.24. The molecule has 2 atom stereocenters. The SMILES string of the molecule is O=C1N[C@H](C(=O)O)Cc2ccccc2CCCCC[C@H]1CS. The molecule has 0 bridgehead atoms. The molecule has 1 aliphatic heterocycles. The average molecular weight is 321 g/mol. The lowest BCUT2D eigenvalue weighted by Gasteiger charge is -2.21. The molecular formula is C17H23NO3S. The molecule has 120 valence electrons. The maximum atomic E-state index is 12.3. The fraction of sp³-hybridized carbons (Fsp3) is 0.529. The van der Waals surface area contributed by atoms with Crippen molar-refractivity contribution >= 4 is 24.5 Å². The van der Waals surface area contributed by atoms with E-state index in [1.54, 1.807) is 0 Å². The van der Waals surface area contributed by atoms with E-state index in [1.165, 1.54) is 5.56 Å². The molecule has 1 heterocycles. The number of carboxylic acid groups (broad SMARTS) is 1. The second-order valence-electron chi connectivity index (χ2n) is 5.85. The van der Waals surface area contributed by atoms with E-state index in [1.807, 2.05) is 18.2 Å². The van der Waals surface area contributed by atoms with Crippen LogP contribution in [0.4, 0.5) is 0 Å². The van der Waals surface area contributed by atoms with Crippen molar-refractivity contribution in [3.63, 3.8) is 0 Å². The van der Waals surface area contributed by atoms with Gasteiger partial charge in [0.05, 0.1) is 0 Å². The molecule has 4 nitrogen and oxygen atoms in total. The molecule has 0 saturated heterocycles. The van der Waals surface area contributed by atoms with Crippen LogP contribution < -0.4 is 5.32 Å². The number of aliphatic carboxylic acids is 1. The van der Waals surface area contributed by atoms with Gasteiger partial charge in [-0.3, -0.25) is 4.79 Å². The highest BCUT2D eigenvalue weighted by Gasteiger charge is 2.25. The zero-order valence-electron chi connectivity index (χ0n) is 12.6. The number of carbonyl (C=O) groups is 2. The zero-order chi connectivity index (χ0) is 15.9. The quantitative estimate of drug-likeness (QED) is 0.733. The topological polar surface area (TPSA) is 66.4 Å². The number of aryl methyl sites for hydroxylation is 1. The second-order valence-corrected chi connectivity index (χ2v) is 6.22. The predicted molar refractivity (Wildman–Crippen MR) is 89.2 cm³/mol. The van der Waals surface area contributed by atoms with E-state index >= 15 is 0 Å². The van der Waals surface area contributed by atoms with Crippen molar-refractivity contribution in [3.8, 4) is 0 Å². The van der Waals surface area contributed by atoms with Gasteiger partial charge in [0, 0.05) is 18.1 Å². The van der Waals surface area contributed by atoms with Crippen LogP contribution in [0, 0.1) is 5.92 Å². The maximum Gasteiger partial charge on any atom is 0.326 e. The van der Waals surface area contributed by atoms with Gasteiger partial charge in [-0.15, -0.1) is 0 Å². The molecule has 0 spiro atoms. The third kappa shape index (κ3) is 4.50. The van der Waals surface area contributed by atoms with E-state index in [2.05, 4.69) is 24.0 Å². The van der Waals surface area contributed by atoms with Gasteiger partial charge in [-0.1, -0.05) is 37.1 Å². The van der Waals surface area contributed by atoms with Crippen LogP contribution in [-0.2, 0) is 22.4 Å². The van der Waals surface area contributed by atoms with E-state index in [0.717, 1.165) is 37.7 Å². The first kappa shape index (κ1) is 16.9. The maximum absolute atomic E-state index is 12.3. The lowest BCUT2D eigenvalue weighted by atomic mass is 9.93. The summed E-state index contributed by atoms with van der Waals surface area (Å²) in [4.78, 5) is 23.8. The Morgan fingerprint density at radius 1 is 1.23 bits per heavy atom. The highest BCUT2D eigenvalue weighted by atomic mass is 32.1. The Kier molecular flexibility index (Phi) is 6.31. The normalized spacial score (nSPS) is 23.6. The van der Waals surface area contributed by atoms with E-state index in [0.29, 0.717) is 12.2 Å². The summed E-state index contributed by atoms with van der Waals surface area (Å²) >= 11 is 4.23. The number of hydrogen-bond acceptors (Lipinski definition) is 3. The van der Waals surface area contributed by atoms with Crippen LogP contribution >= 0.6 is 12.6 Å². The van der Waals surface area contributed by atoms with E-state index in [4.69, 9.17) is 0 Å². The van der Waals surface area contributed by atoms with Crippen molar-refractivity contribution in [2.45, 2.75) is 44.6 Å². The summed E-state index contributed by atoms with van der Waals surface area (Å²) < 4.78 is 0. The van der Waals surface area contributed by atoms with Gasteiger partial charge in [0.1, 0.15) is 6.04 Å². The van der Waals surface area contributed by atoms with Crippen molar-refractivity contribution in [3.05, 3.63) is 35.4 Å². The minimum absolute atomic E-state index is 0.194. The number of nitrogens with one attached hydrogen (secondary N) is 1. The summed E-state index contributed by atoms with van der Waals surface area (Å²) in [5.41, 5.74) is 2.20. The summed E-state index contributed by atoms with van der Waals surface area (Å²) in [7, 11) is 0. The van der Waals surface area contributed by atoms with E-state index in [9.17, 15) is 14.7 Å². The largest absolute Gasteiger partial charge is 0.480 e. The van der Waals surface area contributed by atoms with E-state index < -0.39 is 12.0 Å². The molecular weight excluding hydrogens is 298 g/mol. The molecule has 0 aliphatic carbocycles. The van der Waals surface area contributed by atoms with Crippen molar-refractivity contribution in [1.82, 2.24) is 5.32 Å². The Morgan fingerprint density at radius 2 is 1.95 bits per heavy atom. The number of amides is 1. The van der Waals surface area contributed by atoms with Crippen molar-refractivity contribution in [1.29, 1.82) is 0 Å². The van der Waals surface area contributed by atoms with Crippen LogP contribution in [0.15, 0.2) is 24.3 Å².